The summed E-state index contributed by atoms with van der Waals surface area (Å²) in [5.41, 5.74) is 2.22. The predicted octanol–water partition coefficient (Wildman–Crippen LogP) is 3.24. The predicted molar refractivity (Wildman–Crippen MR) is 110 cm³/mol. The quantitative estimate of drug-likeness (QED) is 0.571. The van der Waals surface area contributed by atoms with Gasteiger partial charge in [-0.1, -0.05) is 18.2 Å². The number of rotatable bonds is 9. The summed E-state index contributed by atoms with van der Waals surface area (Å²) in [6.45, 7) is 0.910. The van der Waals surface area contributed by atoms with Gasteiger partial charge in [-0.3, -0.25) is 14.6 Å². The standard InChI is InChI=1S/C23H22FN3O3/c24-20-6-4-18(5-7-20)16-30-21-3-1-2-19(14-21)23(29)26-13-10-22(28)27-15-17-8-11-25-12-9-17/h1-9,11-12,14H,10,13,15-16H2,(H,26,29)(H,27,28). The van der Waals surface area contributed by atoms with Crippen LogP contribution in [-0.2, 0) is 17.9 Å². The van der Waals surface area contributed by atoms with Gasteiger partial charge >= 0.3 is 0 Å². The molecule has 0 aliphatic heterocycles. The lowest BCUT2D eigenvalue weighted by atomic mass is 10.2. The second-order valence-corrected chi connectivity index (χ2v) is 6.58. The van der Waals surface area contributed by atoms with Crippen LogP contribution in [0.15, 0.2) is 73.1 Å². The van der Waals surface area contributed by atoms with E-state index in [0.717, 1.165) is 11.1 Å². The van der Waals surface area contributed by atoms with Crippen LogP contribution in [0.4, 0.5) is 4.39 Å². The molecule has 0 saturated carbocycles. The first kappa shape index (κ1) is 21.0. The van der Waals surface area contributed by atoms with Crippen molar-refractivity contribution >= 4 is 11.8 Å². The zero-order valence-electron chi connectivity index (χ0n) is 16.3. The molecule has 1 aromatic heterocycles. The second kappa shape index (κ2) is 10.7. The molecule has 2 N–H and O–H groups in total. The van der Waals surface area contributed by atoms with Gasteiger partial charge in [0.1, 0.15) is 18.2 Å². The molecule has 2 aromatic carbocycles. The van der Waals surface area contributed by atoms with Gasteiger partial charge in [0.15, 0.2) is 0 Å². The summed E-state index contributed by atoms with van der Waals surface area (Å²) in [6.07, 6.45) is 3.51. The normalized spacial score (nSPS) is 10.3. The Morgan fingerprint density at radius 1 is 0.933 bits per heavy atom. The van der Waals surface area contributed by atoms with E-state index in [1.807, 2.05) is 12.1 Å². The lowest BCUT2D eigenvalue weighted by molar-refractivity contribution is -0.121. The van der Waals surface area contributed by atoms with Gasteiger partial charge in [-0.15, -0.1) is 0 Å². The highest BCUT2D eigenvalue weighted by atomic mass is 19.1. The Morgan fingerprint density at radius 3 is 2.47 bits per heavy atom. The number of carbonyl (C=O) groups excluding carboxylic acids is 2. The molecule has 0 fully saturated rings. The van der Waals surface area contributed by atoms with Crippen molar-refractivity contribution in [2.75, 3.05) is 6.54 Å². The first-order chi connectivity index (χ1) is 14.6. The highest BCUT2D eigenvalue weighted by Crippen LogP contribution is 2.15. The second-order valence-electron chi connectivity index (χ2n) is 6.58. The molecule has 0 unspecified atom stereocenters. The van der Waals surface area contributed by atoms with E-state index in [-0.39, 0.29) is 37.2 Å². The molecule has 3 aromatic rings. The maximum absolute atomic E-state index is 13.0. The monoisotopic (exact) mass is 407 g/mol. The van der Waals surface area contributed by atoms with Crippen LogP contribution in [0.2, 0.25) is 0 Å². The van der Waals surface area contributed by atoms with E-state index in [4.69, 9.17) is 4.74 Å². The Bertz CT molecular complexity index is 978. The summed E-state index contributed by atoms with van der Waals surface area (Å²) in [7, 11) is 0. The number of amides is 2. The van der Waals surface area contributed by atoms with Gasteiger partial charge in [-0.2, -0.15) is 0 Å². The molecule has 0 atom stereocenters. The minimum Gasteiger partial charge on any atom is -0.489 e. The molecule has 0 radical (unpaired) electrons. The average Bonchev–Trinajstić information content (AvgIpc) is 2.78. The zero-order valence-corrected chi connectivity index (χ0v) is 16.3. The van der Waals surface area contributed by atoms with Gasteiger partial charge in [-0.25, -0.2) is 4.39 Å². The van der Waals surface area contributed by atoms with Crippen molar-refractivity contribution in [2.24, 2.45) is 0 Å². The van der Waals surface area contributed by atoms with Crippen LogP contribution in [0.5, 0.6) is 5.75 Å². The van der Waals surface area contributed by atoms with E-state index in [0.29, 0.717) is 17.9 Å². The summed E-state index contributed by atoms with van der Waals surface area (Å²) >= 11 is 0. The number of ether oxygens (including phenoxy) is 1. The van der Waals surface area contributed by atoms with Crippen molar-refractivity contribution < 1.29 is 18.7 Å². The summed E-state index contributed by atoms with van der Waals surface area (Å²) < 4.78 is 18.6. The van der Waals surface area contributed by atoms with E-state index in [1.165, 1.54) is 12.1 Å². The van der Waals surface area contributed by atoms with Gasteiger partial charge in [0.2, 0.25) is 5.91 Å². The summed E-state index contributed by atoms with van der Waals surface area (Å²) in [4.78, 5) is 28.2. The fourth-order valence-corrected chi connectivity index (χ4v) is 2.66. The molecule has 0 spiro atoms. The van der Waals surface area contributed by atoms with E-state index in [9.17, 15) is 14.0 Å². The number of aromatic nitrogens is 1. The van der Waals surface area contributed by atoms with Crippen LogP contribution in [-0.4, -0.2) is 23.3 Å². The maximum Gasteiger partial charge on any atom is 0.251 e. The van der Waals surface area contributed by atoms with Crippen LogP contribution in [0.3, 0.4) is 0 Å². The first-order valence-electron chi connectivity index (χ1n) is 9.51. The number of benzene rings is 2. The first-order valence-corrected chi connectivity index (χ1v) is 9.51. The largest absolute Gasteiger partial charge is 0.489 e. The van der Waals surface area contributed by atoms with Gasteiger partial charge in [0.05, 0.1) is 0 Å². The number of hydrogen-bond donors (Lipinski definition) is 2. The molecule has 7 heteroatoms. The van der Waals surface area contributed by atoms with E-state index in [2.05, 4.69) is 15.6 Å². The van der Waals surface area contributed by atoms with Crippen LogP contribution in [0, 0.1) is 5.82 Å². The van der Waals surface area contributed by atoms with Gasteiger partial charge in [-0.05, 0) is 53.6 Å². The van der Waals surface area contributed by atoms with Crippen LogP contribution in [0.1, 0.15) is 27.9 Å². The van der Waals surface area contributed by atoms with Crippen LogP contribution < -0.4 is 15.4 Å². The van der Waals surface area contributed by atoms with Gasteiger partial charge in [0, 0.05) is 37.5 Å². The molecule has 3 rings (SSSR count). The Morgan fingerprint density at radius 2 is 1.70 bits per heavy atom. The molecule has 0 aliphatic carbocycles. The molecule has 1 heterocycles. The Hall–Kier alpha value is -3.74. The van der Waals surface area contributed by atoms with Crippen molar-refractivity contribution in [1.82, 2.24) is 15.6 Å². The zero-order chi connectivity index (χ0) is 21.2. The smallest absolute Gasteiger partial charge is 0.251 e. The average molecular weight is 407 g/mol. The molecule has 0 saturated heterocycles. The number of nitrogens with one attached hydrogen (secondary N) is 2. The van der Waals surface area contributed by atoms with Crippen LogP contribution in [0.25, 0.3) is 0 Å². The molecule has 2 amide bonds. The summed E-state index contributed by atoms with van der Waals surface area (Å²) in [5, 5.41) is 5.52. The number of pyridine rings is 1. The lowest BCUT2D eigenvalue weighted by Gasteiger charge is -2.09. The minimum atomic E-state index is -0.302. The highest BCUT2D eigenvalue weighted by molar-refractivity contribution is 5.94. The van der Waals surface area contributed by atoms with Crippen LogP contribution >= 0.6 is 0 Å². The third-order valence-electron chi connectivity index (χ3n) is 4.29. The maximum atomic E-state index is 13.0. The SMILES string of the molecule is O=C(CCNC(=O)c1cccc(OCc2ccc(F)cc2)c1)NCc1ccncc1. The number of carbonyl (C=O) groups is 2. The third-order valence-corrected chi connectivity index (χ3v) is 4.29. The Kier molecular flexibility index (Phi) is 7.49. The van der Waals surface area contributed by atoms with Gasteiger partial charge < -0.3 is 15.4 Å². The van der Waals surface area contributed by atoms with Crippen molar-refractivity contribution in [3.05, 3.63) is 95.6 Å². The number of hydrogen-bond acceptors (Lipinski definition) is 4. The van der Waals surface area contributed by atoms with Crippen molar-refractivity contribution in [2.45, 2.75) is 19.6 Å². The minimum absolute atomic E-state index is 0.150. The topological polar surface area (TPSA) is 80.3 Å². The van der Waals surface area contributed by atoms with Crippen molar-refractivity contribution in [1.29, 1.82) is 0 Å². The highest BCUT2D eigenvalue weighted by Gasteiger charge is 2.08. The molecule has 0 bridgehead atoms. The van der Waals surface area contributed by atoms with E-state index >= 15 is 0 Å². The molecular formula is C23H22FN3O3. The molecule has 154 valence electrons. The molecular weight excluding hydrogens is 385 g/mol. The molecule has 6 nitrogen and oxygen atoms in total. The number of halogens is 1. The lowest BCUT2D eigenvalue weighted by Crippen LogP contribution is -2.30. The van der Waals surface area contributed by atoms with Crippen molar-refractivity contribution in [3.8, 4) is 5.75 Å². The van der Waals surface area contributed by atoms with E-state index in [1.54, 1.807) is 48.8 Å². The fourth-order valence-electron chi connectivity index (χ4n) is 2.66. The molecule has 0 aliphatic rings. The number of nitrogens with zero attached hydrogens (tertiary/aromatic N) is 1. The Balaban J connectivity index is 1.42. The summed E-state index contributed by atoms with van der Waals surface area (Å²) in [5.74, 6) is -0.210. The summed E-state index contributed by atoms with van der Waals surface area (Å²) in [6, 6.07) is 16.4. The third kappa shape index (κ3) is 6.70. The van der Waals surface area contributed by atoms with Crippen molar-refractivity contribution in [3.63, 3.8) is 0 Å². The van der Waals surface area contributed by atoms with E-state index < -0.39 is 0 Å². The molecule has 30 heavy (non-hydrogen) atoms. The van der Waals surface area contributed by atoms with Gasteiger partial charge in [0.25, 0.3) is 5.91 Å². The Labute approximate surface area is 174 Å². The fraction of sp³-hybridized carbons (Fsp3) is 0.174.